The largest absolute Gasteiger partial charge is 0.464 e. The van der Waals surface area contributed by atoms with E-state index < -0.39 is 0 Å². The third-order valence-electron chi connectivity index (χ3n) is 1.83. The fourth-order valence-corrected chi connectivity index (χ4v) is 1.44. The Morgan fingerprint density at radius 1 is 1.31 bits per heavy atom. The molecule has 0 saturated heterocycles. The first-order valence-corrected chi connectivity index (χ1v) is 4.19. The SMILES string of the molecule is O=Cc1coc2ccccc2c1=S. The zero-order chi connectivity index (χ0) is 9.26. The molecule has 0 fully saturated rings. The van der Waals surface area contributed by atoms with E-state index in [1.807, 2.05) is 24.3 Å². The minimum atomic E-state index is 0.425. The van der Waals surface area contributed by atoms with E-state index in [2.05, 4.69) is 0 Å². The van der Waals surface area contributed by atoms with Gasteiger partial charge in [0, 0.05) is 5.39 Å². The molecule has 13 heavy (non-hydrogen) atoms. The lowest BCUT2D eigenvalue weighted by molar-refractivity contribution is 0.112. The second-order valence-corrected chi connectivity index (χ2v) is 3.04. The van der Waals surface area contributed by atoms with Crippen LogP contribution in [0, 0.1) is 4.51 Å². The Morgan fingerprint density at radius 2 is 2.08 bits per heavy atom. The molecule has 0 atom stereocenters. The predicted octanol–water partition coefficient (Wildman–Crippen LogP) is 2.97. The first-order valence-electron chi connectivity index (χ1n) is 3.78. The quantitative estimate of drug-likeness (QED) is 0.511. The summed E-state index contributed by atoms with van der Waals surface area (Å²) in [5, 5.41) is 0.808. The molecule has 2 nitrogen and oxygen atoms in total. The summed E-state index contributed by atoms with van der Waals surface area (Å²) in [6.45, 7) is 0. The van der Waals surface area contributed by atoms with Crippen molar-refractivity contribution in [3.8, 4) is 0 Å². The molecule has 2 rings (SSSR count). The summed E-state index contributed by atoms with van der Waals surface area (Å²) in [6.07, 6.45) is 2.09. The van der Waals surface area contributed by atoms with Crippen LogP contribution in [0.2, 0.25) is 0 Å². The van der Waals surface area contributed by atoms with Crippen LogP contribution in [0.25, 0.3) is 11.0 Å². The molecule has 0 aliphatic heterocycles. The van der Waals surface area contributed by atoms with Gasteiger partial charge in [0.05, 0.1) is 10.1 Å². The Labute approximate surface area is 79.8 Å². The van der Waals surface area contributed by atoms with E-state index in [9.17, 15) is 4.79 Å². The van der Waals surface area contributed by atoms with E-state index >= 15 is 0 Å². The van der Waals surface area contributed by atoms with Gasteiger partial charge in [-0.05, 0) is 12.1 Å². The van der Waals surface area contributed by atoms with Crippen molar-refractivity contribution in [2.75, 3.05) is 0 Å². The smallest absolute Gasteiger partial charge is 0.154 e. The lowest BCUT2D eigenvalue weighted by Crippen LogP contribution is -1.82. The van der Waals surface area contributed by atoms with Crippen molar-refractivity contribution in [2.45, 2.75) is 0 Å². The summed E-state index contributed by atoms with van der Waals surface area (Å²) in [4.78, 5) is 10.5. The van der Waals surface area contributed by atoms with Gasteiger partial charge in [0.1, 0.15) is 11.8 Å². The molecule has 0 radical (unpaired) electrons. The number of hydrogen-bond acceptors (Lipinski definition) is 3. The van der Waals surface area contributed by atoms with Crippen molar-refractivity contribution in [1.82, 2.24) is 0 Å². The summed E-state index contributed by atoms with van der Waals surface area (Å²) in [7, 11) is 0. The summed E-state index contributed by atoms with van der Waals surface area (Å²) < 4.78 is 5.77. The summed E-state index contributed by atoms with van der Waals surface area (Å²) in [5.41, 5.74) is 1.13. The fraction of sp³-hybridized carbons (Fsp3) is 0. The number of hydrogen-bond donors (Lipinski definition) is 0. The summed E-state index contributed by atoms with van der Waals surface area (Å²) >= 11 is 5.10. The molecule has 0 bridgehead atoms. The summed E-state index contributed by atoms with van der Waals surface area (Å²) in [6, 6.07) is 7.39. The van der Waals surface area contributed by atoms with Crippen LogP contribution in [0.5, 0.6) is 0 Å². The lowest BCUT2D eigenvalue weighted by atomic mass is 10.2. The first-order chi connectivity index (χ1) is 6.33. The highest BCUT2D eigenvalue weighted by Gasteiger charge is 2.00. The molecule has 1 aromatic heterocycles. The molecule has 0 spiro atoms. The molecule has 1 aromatic carbocycles. The molecule has 2 aromatic rings. The standard InChI is InChI=1S/C10H6O2S/c11-5-7-6-12-9-4-2-1-3-8(9)10(7)13/h1-6H. The Bertz CT molecular complexity index is 514. The molecule has 0 amide bonds. The highest BCUT2D eigenvalue weighted by atomic mass is 32.1. The average molecular weight is 190 g/mol. The Morgan fingerprint density at radius 3 is 2.85 bits per heavy atom. The third-order valence-corrected chi connectivity index (χ3v) is 2.29. The normalized spacial score (nSPS) is 10.2. The van der Waals surface area contributed by atoms with Gasteiger partial charge in [0.15, 0.2) is 6.29 Å². The molecular formula is C10H6O2S. The van der Waals surface area contributed by atoms with Gasteiger partial charge in [0.25, 0.3) is 0 Å². The van der Waals surface area contributed by atoms with Gasteiger partial charge in [-0.2, -0.15) is 0 Å². The highest BCUT2D eigenvalue weighted by Crippen LogP contribution is 2.17. The number of rotatable bonds is 1. The Hall–Kier alpha value is -1.48. The molecule has 0 aliphatic carbocycles. The molecule has 1 heterocycles. The van der Waals surface area contributed by atoms with E-state index in [0.717, 1.165) is 5.39 Å². The van der Waals surface area contributed by atoms with Gasteiger partial charge in [-0.25, -0.2) is 0 Å². The zero-order valence-electron chi connectivity index (χ0n) is 6.69. The second kappa shape index (κ2) is 3.11. The predicted molar refractivity (Wildman–Crippen MR) is 52.4 cm³/mol. The maximum Gasteiger partial charge on any atom is 0.154 e. The molecule has 0 saturated carbocycles. The Kier molecular flexibility index (Phi) is 1.94. The minimum Gasteiger partial charge on any atom is -0.464 e. The number of fused-ring (bicyclic) bond motifs is 1. The first kappa shape index (κ1) is 8.13. The maximum absolute atomic E-state index is 10.5. The maximum atomic E-state index is 10.5. The van der Waals surface area contributed by atoms with Crippen LogP contribution in [0.15, 0.2) is 34.9 Å². The number of carbonyl (C=O) groups is 1. The van der Waals surface area contributed by atoms with Gasteiger partial charge >= 0.3 is 0 Å². The van der Waals surface area contributed by atoms with Gasteiger partial charge < -0.3 is 4.42 Å². The van der Waals surface area contributed by atoms with Crippen LogP contribution in [-0.2, 0) is 0 Å². The van der Waals surface area contributed by atoms with Crippen molar-refractivity contribution < 1.29 is 9.21 Å². The highest BCUT2D eigenvalue weighted by molar-refractivity contribution is 7.71. The average Bonchev–Trinajstić information content (AvgIpc) is 2.19. The lowest BCUT2D eigenvalue weighted by Gasteiger charge is -1.97. The summed E-state index contributed by atoms with van der Waals surface area (Å²) in [5.74, 6) is 0. The van der Waals surface area contributed by atoms with E-state index in [1.54, 1.807) is 0 Å². The van der Waals surface area contributed by atoms with Crippen molar-refractivity contribution in [3.63, 3.8) is 0 Å². The topological polar surface area (TPSA) is 30.2 Å². The molecule has 64 valence electrons. The van der Waals surface area contributed by atoms with Crippen LogP contribution in [0.3, 0.4) is 0 Å². The van der Waals surface area contributed by atoms with Crippen molar-refractivity contribution >= 4 is 29.5 Å². The van der Waals surface area contributed by atoms with E-state index in [0.29, 0.717) is 21.9 Å². The van der Waals surface area contributed by atoms with Crippen molar-refractivity contribution in [2.24, 2.45) is 0 Å². The number of benzene rings is 1. The van der Waals surface area contributed by atoms with E-state index in [1.165, 1.54) is 6.26 Å². The van der Waals surface area contributed by atoms with Gasteiger partial charge in [-0.3, -0.25) is 4.79 Å². The number of carbonyl (C=O) groups excluding carboxylic acids is 1. The third kappa shape index (κ3) is 1.27. The zero-order valence-corrected chi connectivity index (χ0v) is 7.51. The van der Waals surface area contributed by atoms with Gasteiger partial charge in [-0.1, -0.05) is 24.4 Å². The fourth-order valence-electron chi connectivity index (χ4n) is 1.17. The van der Waals surface area contributed by atoms with Crippen LogP contribution in [0.1, 0.15) is 10.4 Å². The molecule has 0 unspecified atom stereocenters. The molecular weight excluding hydrogens is 184 g/mol. The molecule has 0 aliphatic rings. The van der Waals surface area contributed by atoms with Crippen LogP contribution >= 0.6 is 12.2 Å². The second-order valence-electron chi connectivity index (χ2n) is 2.63. The minimum absolute atomic E-state index is 0.425. The monoisotopic (exact) mass is 190 g/mol. The van der Waals surface area contributed by atoms with E-state index in [4.69, 9.17) is 16.6 Å². The van der Waals surface area contributed by atoms with Crippen LogP contribution < -0.4 is 0 Å². The van der Waals surface area contributed by atoms with Gasteiger partial charge in [-0.15, -0.1) is 0 Å². The Balaban J connectivity index is 2.95. The number of para-hydroxylation sites is 1. The van der Waals surface area contributed by atoms with Crippen LogP contribution in [0.4, 0.5) is 0 Å². The molecule has 3 heteroatoms. The van der Waals surface area contributed by atoms with Crippen molar-refractivity contribution in [3.05, 3.63) is 40.6 Å². The van der Waals surface area contributed by atoms with Crippen molar-refractivity contribution in [1.29, 1.82) is 0 Å². The number of aldehydes is 1. The molecule has 0 N–H and O–H groups in total. The van der Waals surface area contributed by atoms with Gasteiger partial charge in [0.2, 0.25) is 0 Å². The van der Waals surface area contributed by atoms with E-state index in [-0.39, 0.29) is 0 Å². The van der Waals surface area contributed by atoms with Crippen LogP contribution in [-0.4, -0.2) is 6.29 Å².